The molecule has 0 fully saturated rings. The Kier molecular flexibility index (Phi) is 6.97. The Labute approximate surface area is 114 Å². The summed E-state index contributed by atoms with van der Waals surface area (Å²) >= 11 is 0. The number of carbonyl (C=O) groups is 1. The molecular weight excluding hydrogens is 242 g/mol. The number of hydrogen-bond acceptors (Lipinski definition) is 3. The molecule has 1 aromatic carbocycles. The Morgan fingerprint density at radius 1 is 1.47 bits per heavy atom. The number of ether oxygens (including phenoxy) is 1. The van der Waals surface area contributed by atoms with Crippen molar-refractivity contribution in [1.82, 2.24) is 5.32 Å². The predicted octanol–water partition coefficient (Wildman–Crippen LogP) is 2.43. The summed E-state index contributed by atoms with van der Waals surface area (Å²) in [6.07, 6.45) is 2.41. The van der Waals surface area contributed by atoms with Crippen LogP contribution in [0.5, 0.6) is 5.75 Å². The van der Waals surface area contributed by atoms with Crippen molar-refractivity contribution in [2.45, 2.75) is 38.7 Å². The third-order valence-electron chi connectivity index (χ3n) is 2.90. The molecule has 0 bridgehead atoms. The molecule has 0 aliphatic heterocycles. The molecule has 0 saturated carbocycles. The van der Waals surface area contributed by atoms with E-state index >= 15 is 0 Å². The van der Waals surface area contributed by atoms with Gasteiger partial charge in [0, 0.05) is 13.5 Å². The molecule has 1 rings (SSSR count). The summed E-state index contributed by atoms with van der Waals surface area (Å²) in [5.74, 6) is 0.764. The lowest BCUT2D eigenvalue weighted by molar-refractivity contribution is -0.120. The number of hydrogen-bond donors (Lipinski definition) is 2. The van der Waals surface area contributed by atoms with Gasteiger partial charge in [-0.3, -0.25) is 4.79 Å². The minimum Gasteiger partial charge on any atom is -0.494 e. The zero-order chi connectivity index (χ0) is 14.1. The first-order valence-corrected chi connectivity index (χ1v) is 6.78. The van der Waals surface area contributed by atoms with Crippen LogP contribution in [0.4, 0.5) is 0 Å². The zero-order valence-electron chi connectivity index (χ0n) is 11.7. The first kappa shape index (κ1) is 15.5. The van der Waals surface area contributed by atoms with E-state index in [9.17, 15) is 9.90 Å². The summed E-state index contributed by atoms with van der Waals surface area (Å²) in [5.41, 5.74) is 0.880. The number of rotatable bonds is 8. The van der Waals surface area contributed by atoms with Crippen LogP contribution in [-0.4, -0.2) is 24.7 Å². The van der Waals surface area contributed by atoms with Gasteiger partial charge in [-0.2, -0.15) is 0 Å². The van der Waals surface area contributed by atoms with Crippen molar-refractivity contribution in [3.8, 4) is 5.75 Å². The smallest absolute Gasteiger partial charge is 0.219 e. The molecule has 2 N–H and O–H groups in total. The molecule has 1 atom stereocenters. The molecule has 0 aliphatic rings. The molecule has 4 nitrogen and oxygen atoms in total. The Hall–Kier alpha value is -1.55. The Morgan fingerprint density at radius 2 is 2.26 bits per heavy atom. The second-order valence-corrected chi connectivity index (χ2v) is 4.50. The van der Waals surface area contributed by atoms with E-state index in [0.717, 1.165) is 24.2 Å². The van der Waals surface area contributed by atoms with E-state index in [2.05, 4.69) is 5.32 Å². The molecule has 1 aromatic rings. The summed E-state index contributed by atoms with van der Waals surface area (Å²) in [6.45, 7) is 2.54. The second-order valence-electron chi connectivity index (χ2n) is 4.50. The fraction of sp³-hybridized carbons (Fsp3) is 0.533. The lowest BCUT2D eigenvalue weighted by Crippen LogP contribution is -2.18. The number of aliphatic hydroxyl groups is 1. The number of benzene rings is 1. The van der Waals surface area contributed by atoms with Gasteiger partial charge in [0.05, 0.1) is 12.7 Å². The Bertz CT molecular complexity index is 393. The molecule has 0 heterocycles. The van der Waals surface area contributed by atoms with Crippen LogP contribution in [0.2, 0.25) is 0 Å². The molecule has 19 heavy (non-hydrogen) atoms. The van der Waals surface area contributed by atoms with Gasteiger partial charge in [0.1, 0.15) is 5.75 Å². The van der Waals surface area contributed by atoms with E-state index < -0.39 is 6.10 Å². The fourth-order valence-electron chi connectivity index (χ4n) is 1.80. The molecule has 0 spiro atoms. The highest BCUT2D eigenvalue weighted by atomic mass is 16.5. The van der Waals surface area contributed by atoms with Crippen molar-refractivity contribution >= 4 is 5.91 Å². The largest absolute Gasteiger partial charge is 0.494 e. The molecule has 0 saturated heterocycles. The van der Waals surface area contributed by atoms with Gasteiger partial charge in [-0.05, 0) is 30.5 Å². The number of aliphatic hydroxyl groups excluding tert-OH is 1. The van der Waals surface area contributed by atoms with Gasteiger partial charge in [-0.1, -0.05) is 25.5 Å². The normalized spacial score (nSPS) is 11.9. The van der Waals surface area contributed by atoms with E-state index in [0.29, 0.717) is 19.4 Å². The van der Waals surface area contributed by atoms with Crippen molar-refractivity contribution in [3.63, 3.8) is 0 Å². The minimum atomic E-state index is -0.431. The van der Waals surface area contributed by atoms with Crippen molar-refractivity contribution < 1.29 is 14.6 Å². The highest BCUT2D eigenvalue weighted by Gasteiger charge is 2.07. The van der Waals surface area contributed by atoms with Crippen molar-refractivity contribution in [2.75, 3.05) is 13.7 Å². The second kappa shape index (κ2) is 8.53. The highest BCUT2D eigenvalue weighted by molar-refractivity contribution is 5.75. The van der Waals surface area contributed by atoms with Crippen LogP contribution in [-0.2, 0) is 4.79 Å². The first-order valence-electron chi connectivity index (χ1n) is 6.78. The predicted molar refractivity (Wildman–Crippen MR) is 75.1 cm³/mol. The Morgan fingerprint density at radius 3 is 2.95 bits per heavy atom. The van der Waals surface area contributed by atoms with Gasteiger partial charge in [-0.25, -0.2) is 0 Å². The van der Waals surface area contributed by atoms with Crippen LogP contribution in [0.1, 0.15) is 44.3 Å². The summed E-state index contributed by atoms with van der Waals surface area (Å²) in [5, 5.41) is 12.5. The van der Waals surface area contributed by atoms with E-state index in [-0.39, 0.29) is 5.91 Å². The summed E-state index contributed by atoms with van der Waals surface area (Å²) in [7, 11) is 1.63. The lowest BCUT2D eigenvalue weighted by atomic mass is 10.1. The molecule has 106 valence electrons. The zero-order valence-corrected chi connectivity index (χ0v) is 11.7. The van der Waals surface area contributed by atoms with Crippen LogP contribution < -0.4 is 10.1 Å². The number of nitrogens with one attached hydrogen (secondary N) is 1. The molecule has 0 aliphatic carbocycles. The number of carbonyl (C=O) groups excluding carboxylic acids is 1. The van der Waals surface area contributed by atoms with E-state index in [4.69, 9.17) is 4.74 Å². The first-order chi connectivity index (χ1) is 9.17. The van der Waals surface area contributed by atoms with Gasteiger partial charge < -0.3 is 15.2 Å². The van der Waals surface area contributed by atoms with E-state index in [1.165, 1.54) is 0 Å². The monoisotopic (exact) mass is 265 g/mol. The maximum atomic E-state index is 11.0. The minimum absolute atomic E-state index is 0.0238. The summed E-state index contributed by atoms with van der Waals surface area (Å²) in [4.78, 5) is 11.0. The summed E-state index contributed by atoms with van der Waals surface area (Å²) < 4.78 is 5.58. The van der Waals surface area contributed by atoms with Crippen LogP contribution in [0.15, 0.2) is 24.3 Å². The van der Waals surface area contributed by atoms with Crippen molar-refractivity contribution in [1.29, 1.82) is 0 Å². The maximum Gasteiger partial charge on any atom is 0.219 e. The fourth-order valence-corrected chi connectivity index (χ4v) is 1.80. The molecule has 1 amide bonds. The van der Waals surface area contributed by atoms with Crippen LogP contribution in [0.25, 0.3) is 0 Å². The quantitative estimate of drug-likeness (QED) is 0.710. The average molecular weight is 265 g/mol. The topological polar surface area (TPSA) is 58.6 Å². The van der Waals surface area contributed by atoms with E-state index in [1.807, 2.05) is 31.2 Å². The Balaban J connectivity index is 2.42. The molecular formula is C15H23NO3. The average Bonchev–Trinajstić information content (AvgIpc) is 2.44. The van der Waals surface area contributed by atoms with E-state index in [1.54, 1.807) is 7.05 Å². The van der Waals surface area contributed by atoms with Gasteiger partial charge in [0.2, 0.25) is 5.91 Å². The van der Waals surface area contributed by atoms with Crippen molar-refractivity contribution in [2.24, 2.45) is 0 Å². The van der Waals surface area contributed by atoms with Gasteiger partial charge in [-0.15, -0.1) is 0 Å². The van der Waals surface area contributed by atoms with Crippen LogP contribution >= 0.6 is 0 Å². The van der Waals surface area contributed by atoms with Crippen molar-refractivity contribution in [3.05, 3.63) is 29.8 Å². The van der Waals surface area contributed by atoms with Crippen LogP contribution in [0, 0.1) is 0 Å². The summed E-state index contributed by atoms with van der Waals surface area (Å²) in [6, 6.07) is 7.50. The lowest BCUT2D eigenvalue weighted by Gasteiger charge is -2.12. The third-order valence-corrected chi connectivity index (χ3v) is 2.90. The third kappa shape index (κ3) is 5.75. The SMILES string of the molecule is CCCC(O)c1cccc(OCCCC(=O)NC)c1. The molecule has 1 unspecified atom stereocenters. The molecule has 0 radical (unpaired) electrons. The highest BCUT2D eigenvalue weighted by Crippen LogP contribution is 2.22. The molecule has 0 aromatic heterocycles. The number of amides is 1. The molecule has 4 heteroatoms. The van der Waals surface area contributed by atoms with Crippen LogP contribution in [0.3, 0.4) is 0 Å². The van der Waals surface area contributed by atoms with Gasteiger partial charge >= 0.3 is 0 Å². The maximum absolute atomic E-state index is 11.0. The van der Waals surface area contributed by atoms with Gasteiger partial charge in [0.25, 0.3) is 0 Å². The van der Waals surface area contributed by atoms with Gasteiger partial charge in [0.15, 0.2) is 0 Å². The standard InChI is InChI=1S/C15H23NO3/c1-3-6-14(17)12-7-4-8-13(11-12)19-10-5-9-15(18)16-2/h4,7-8,11,14,17H,3,5-6,9-10H2,1-2H3,(H,16,18).